The molecule has 230 valence electrons. The number of anilines is 1. The van der Waals surface area contributed by atoms with E-state index in [4.69, 9.17) is 11.6 Å². The third kappa shape index (κ3) is 4.22. The molecule has 3 aromatic rings. The maximum Gasteiger partial charge on any atom is 0.241 e. The maximum atomic E-state index is 14.5. The molecule has 0 spiro atoms. The minimum Gasteiger partial charge on any atom is -0.507 e. The van der Waals surface area contributed by atoms with E-state index >= 15 is 0 Å². The molecular weight excluding hydrogens is 595 g/mol. The number of carbonyl (C=O) groups excluding carboxylic acids is 4. The number of fused-ring (bicyclic) bond motifs is 4. The number of aromatic hydroxyl groups is 1. The zero-order valence-corrected chi connectivity index (χ0v) is 25.8. The van der Waals surface area contributed by atoms with Crippen molar-refractivity contribution >= 4 is 40.9 Å². The summed E-state index contributed by atoms with van der Waals surface area (Å²) in [6, 6.07) is 16.8. The third-order valence-electron chi connectivity index (χ3n) is 10.6. The molecule has 2 aliphatic carbocycles. The molecule has 45 heavy (non-hydrogen) atoms. The summed E-state index contributed by atoms with van der Waals surface area (Å²) in [4.78, 5) is 59.0. The number of aryl methyl sites for hydroxylation is 2. The van der Waals surface area contributed by atoms with E-state index < -0.39 is 52.6 Å². The smallest absolute Gasteiger partial charge is 0.241 e. The molecule has 3 aromatic carbocycles. The van der Waals surface area contributed by atoms with Gasteiger partial charge in [-0.3, -0.25) is 24.1 Å². The topological polar surface area (TPSA) is 95.0 Å². The number of phenols is 1. The number of hydrogen-bond acceptors (Lipinski definition) is 5. The summed E-state index contributed by atoms with van der Waals surface area (Å²) in [5, 5.41) is 10.4. The Labute approximate surface area is 265 Å². The molecule has 7 nitrogen and oxygen atoms in total. The number of rotatable bonds is 4. The fourth-order valence-electron chi connectivity index (χ4n) is 8.41. The fraction of sp³-hybridized carbons (Fsp3) is 0.333. The molecule has 7 rings (SSSR count). The first kappa shape index (κ1) is 29.4. The van der Waals surface area contributed by atoms with Crippen molar-refractivity contribution in [2.75, 3.05) is 4.90 Å². The van der Waals surface area contributed by atoms with Gasteiger partial charge in [0, 0.05) is 5.92 Å². The van der Waals surface area contributed by atoms with Crippen LogP contribution in [0.3, 0.4) is 0 Å². The highest BCUT2D eigenvalue weighted by Gasteiger charge is 2.67. The molecule has 0 bridgehead atoms. The normalized spacial score (nSPS) is 29.1. The van der Waals surface area contributed by atoms with Gasteiger partial charge in [0.1, 0.15) is 11.6 Å². The van der Waals surface area contributed by atoms with Crippen molar-refractivity contribution in [2.45, 2.75) is 46.1 Å². The van der Waals surface area contributed by atoms with Crippen LogP contribution >= 0.6 is 11.6 Å². The summed E-state index contributed by atoms with van der Waals surface area (Å²) in [6.07, 6.45) is 2.56. The highest BCUT2D eigenvalue weighted by molar-refractivity contribution is 6.31. The van der Waals surface area contributed by atoms with E-state index in [0.29, 0.717) is 17.5 Å². The number of carbonyl (C=O) groups is 4. The van der Waals surface area contributed by atoms with Crippen LogP contribution in [-0.4, -0.2) is 33.6 Å². The van der Waals surface area contributed by atoms with Crippen LogP contribution in [0.5, 0.6) is 5.75 Å². The zero-order chi connectivity index (χ0) is 31.9. The van der Waals surface area contributed by atoms with Crippen LogP contribution in [0.2, 0.25) is 5.02 Å². The fourth-order valence-corrected chi connectivity index (χ4v) is 8.58. The van der Waals surface area contributed by atoms with Gasteiger partial charge in [0.25, 0.3) is 0 Å². The predicted octanol–water partition coefficient (Wildman–Crippen LogP) is 6.23. The lowest BCUT2D eigenvalue weighted by Crippen LogP contribution is -2.48. The van der Waals surface area contributed by atoms with Crippen LogP contribution < -0.4 is 4.90 Å². The monoisotopic (exact) mass is 626 g/mol. The highest BCUT2D eigenvalue weighted by Crippen LogP contribution is 2.64. The van der Waals surface area contributed by atoms with Crippen LogP contribution in [0.15, 0.2) is 72.3 Å². The van der Waals surface area contributed by atoms with Crippen molar-refractivity contribution < 1.29 is 28.7 Å². The van der Waals surface area contributed by atoms with Gasteiger partial charge in [0.05, 0.1) is 40.4 Å². The number of benzene rings is 3. The van der Waals surface area contributed by atoms with Crippen LogP contribution in [0.25, 0.3) is 0 Å². The Hall–Kier alpha value is -4.30. The second kappa shape index (κ2) is 10.4. The first-order chi connectivity index (χ1) is 21.4. The minimum atomic E-state index is -1.25. The number of halogens is 2. The Balaban J connectivity index is 1.36. The molecule has 4 amide bonds. The van der Waals surface area contributed by atoms with Crippen molar-refractivity contribution in [1.82, 2.24) is 4.90 Å². The molecule has 3 fully saturated rings. The Kier molecular flexibility index (Phi) is 6.78. The van der Waals surface area contributed by atoms with Crippen molar-refractivity contribution in [3.05, 3.63) is 105 Å². The molecule has 2 aliphatic heterocycles. The second-order valence-corrected chi connectivity index (χ2v) is 13.4. The standard InChI is InChI=1S/C36H32ClFN2O5/c1-18-13-21(14-19(2)31(18)41)30-23-10-11-24-29(34(44)39(32(24)42)17-20-7-5-4-6-8-20)25(23)16-26-33(43)40(35(45)36(26,30)3)22-9-12-28(38)27(37)15-22/h4-10,12-15,24-26,29-30,41H,11,16-17H2,1-3H3/t24-,25+,26-,29-,30-,36+/m0/s1. The van der Waals surface area contributed by atoms with Crippen LogP contribution in [0, 0.1) is 48.8 Å². The molecule has 4 aliphatic rings. The average Bonchev–Trinajstić information content (AvgIpc) is 3.37. The van der Waals surface area contributed by atoms with E-state index in [1.54, 1.807) is 20.8 Å². The number of phenolic OH excluding ortho intramolecular Hbond substituents is 1. The zero-order valence-electron chi connectivity index (χ0n) is 25.1. The lowest BCUT2D eigenvalue weighted by molar-refractivity contribution is -0.141. The third-order valence-corrected chi connectivity index (χ3v) is 10.8. The number of nitrogens with zero attached hydrogens (tertiary/aromatic N) is 2. The average molecular weight is 627 g/mol. The van der Waals surface area contributed by atoms with Gasteiger partial charge in [-0.15, -0.1) is 0 Å². The van der Waals surface area contributed by atoms with E-state index in [1.807, 2.05) is 48.5 Å². The Bertz CT molecular complexity index is 1820. The summed E-state index contributed by atoms with van der Waals surface area (Å²) in [6.45, 7) is 5.53. The Morgan fingerprint density at radius 2 is 1.62 bits per heavy atom. The quantitative estimate of drug-likeness (QED) is 0.274. The van der Waals surface area contributed by atoms with Gasteiger partial charge >= 0.3 is 0 Å². The number of hydrogen-bond donors (Lipinski definition) is 1. The predicted molar refractivity (Wildman–Crippen MR) is 166 cm³/mol. The van der Waals surface area contributed by atoms with Gasteiger partial charge in [0.15, 0.2) is 0 Å². The first-order valence-corrected chi connectivity index (χ1v) is 15.5. The van der Waals surface area contributed by atoms with Crippen LogP contribution in [-0.2, 0) is 25.7 Å². The van der Waals surface area contributed by atoms with E-state index in [0.717, 1.165) is 27.7 Å². The summed E-state index contributed by atoms with van der Waals surface area (Å²) >= 11 is 6.08. The largest absolute Gasteiger partial charge is 0.507 e. The van der Waals surface area contributed by atoms with Gasteiger partial charge < -0.3 is 5.11 Å². The summed E-state index contributed by atoms with van der Waals surface area (Å²) in [5.74, 6) is -4.97. The lowest BCUT2D eigenvalue weighted by Gasteiger charge is -2.49. The van der Waals surface area contributed by atoms with Gasteiger partial charge in [-0.1, -0.05) is 65.7 Å². The molecule has 1 saturated carbocycles. The van der Waals surface area contributed by atoms with Gasteiger partial charge in [-0.2, -0.15) is 0 Å². The highest BCUT2D eigenvalue weighted by atomic mass is 35.5. The molecule has 0 radical (unpaired) electrons. The van der Waals surface area contributed by atoms with Gasteiger partial charge in [0.2, 0.25) is 23.6 Å². The number of amides is 4. The maximum absolute atomic E-state index is 14.5. The molecule has 0 unspecified atom stereocenters. The van der Waals surface area contributed by atoms with Crippen molar-refractivity contribution in [1.29, 1.82) is 0 Å². The number of imide groups is 2. The van der Waals surface area contributed by atoms with Crippen molar-refractivity contribution in [3.63, 3.8) is 0 Å². The SMILES string of the molecule is Cc1cc([C@H]2C3=CC[C@@H]4C(=O)N(Cc5ccccc5)C(=O)[C@@H]4[C@@H]3C[C@H]3C(=O)N(c4ccc(F)c(Cl)c4)C(=O)[C@@]23C)cc(C)c1O. The first-order valence-electron chi connectivity index (χ1n) is 15.2. The van der Waals surface area contributed by atoms with Gasteiger partial charge in [-0.25, -0.2) is 9.29 Å². The molecule has 0 aromatic heterocycles. The van der Waals surface area contributed by atoms with Crippen molar-refractivity contribution in [2.24, 2.45) is 29.1 Å². The molecule has 2 saturated heterocycles. The van der Waals surface area contributed by atoms with E-state index in [9.17, 15) is 28.7 Å². The number of allylic oxidation sites excluding steroid dienone is 2. The summed E-state index contributed by atoms with van der Waals surface area (Å²) in [7, 11) is 0. The second-order valence-electron chi connectivity index (χ2n) is 13.0. The number of likely N-dealkylation sites (tertiary alicyclic amines) is 1. The van der Waals surface area contributed by atoms with Gasteiger partial charge in [-0.05, 0) is 80.0 Å². The minimum absolute atomic E-state index is 0.148. The summed E-state index contributed by atoms with van der Waals surface area (Å²) < 4.78 is 14.1. The molecular formula is C36H32ClFN2O5. The lowest BCUT2D eigenvalue weighted by atomic mass is 9.51. The van der Waals surface area contributed by atoms with E-state index in [2.05, 4.69) is 0 Å². The van der Waals surface area contributed by atoms with E-state index in [-0.39, 0.29) is 41.2 Å². The molecule has 1 N–H and O–H groups in total. The van der Waals surface area contributed by atoms with Crippen LogP contribution in [0.1, 0.15) is 47.9 Å². The Morgan fingerprint density at radius 3 is 2.29 bits per heavy atom. The van der Waals surface area contributed by atoms with Crippen LogP contribution in [0.4, 0.5) is 10.1 Å². The molecule has 9 heteroatoms. The molecule has 2 heterocycles. The van der Waals surface area contributed by atoms with E-state index in [1.165, 1.54) is 17.0 Å². The Morgan fingerprint density at radius 1 is 0.933 bits per heavy atom. The summed E-state index contributed by atoms with van der Waals surface area (Å²) in [5.41, 5.74) is 2.65. The van der Waals surface area contributed by atoms with Crippen molar-refractivity contribution in [3.8, 4) is 5.75 Å². The molecule has 6 atom stereocenters.